The second kappa shape index (κ2) is 8.01. The van der Waals surface area contributed by atoms with E-state index in [1.165, 1.54) is 6.07 Å². The average Bonchev–Trinajstić information content (AvgIpc) is 3.12. The molecule has 4 rings (SSSR count). The summed E-state index contributed by atoms with van der Waals surface area (Å²) in [6.07, 6.45) is -7.83. The molecule has 2 aromatic carbocycles. The second-order valence-corrected chi connectivity index (χ2v) is 7.86. The summed E-state index contributed by atoms with van der Waals surface area (Å²) >= 11 is 3.33. The number of carbonyl (C=O) groups excluding carboxylic acids is 1. The molecule has 31 heavy (non-hydrogen) atoms. The Morgan fingerprint density at radius 2 is 1.77 bits per heavy atom. The van der Waals surface area contributed by atoms with Gasteiger partial charge in [0.05, 0.1) is 16.8 Å². The Kier molecular flexibility index (Phi) is 5.52. The molecule has 0 bridgehead atoms. The molecule has 5 nitrogen and oxygen atoms in total. The van der Waals surface area contributed by atoms with Crippen LogP contribution in [0.3, 0.4) is 0 Å². The summed E-state index contributed by atoms with van der Waals surface area (Å²) in [6, 6.07) is 14.9. The summed E-state index contributed by atoms with van der Waals surface area (Å²) in [5.74, 6) is -1.13. The number of hydrogen-bond acceptors (Lipinski definition) is 4. The van der Waals surface area contributed by atoms with Crippen molar-refractivity contribution in [1.82, 2.24) is 9.99 Å². The van der Waals surface area contributed by atoms with Crippen LogP contribution < -0.4 is 0 Å². The molecule has 2 heterocycles. The van der Waals surface area contributed by atoms with E-state index in [0.717, 1.165) is 4.47 Å². The Morgan fingerprint density at radius 1 is 1.10 bits per heavy atom. The van der Waals surface area contributed by atoms with Crippen LogP contribution in [0.1, 0.15) is 16.8 Å². The summed E-state index contributed by atoms with van der Waals surface area (Å²) in [5, 5.41) is 14.1. The molecule has 10 heteroatoms. The van der Waals surface area contributed by atoms with Gasteiger partial charge in [-0.05, 0) is 24.3 Å². The van der Waals surface area contributed by atoms with Gasteiger partial charge in [-0.1, -0.05) is 46.3 Å². The molecule has 0 saturated carbocycles. The first-order valence-corrected chi connectivity index (χ1v) is 9.86. The number of carbonyl (C=O) groups is 1. The Labute approximate surface area is 182 Å². The van der Waals surface area contributed by atoms with E-state index in [-0.39, 0.29) is 10.6 Å². The number of pyridine rings is 1. The van der Waals surface area contributed by atoms with Gasteiger partial charge < -0.3 is 5.11 Å². The van der Waals surface area contributed by atoms with Gasteiger partial charge in [0.25, 0.3) is 18.8 Å². The molecule has 0 fully saturated rings. The molecule has 1 amide bonds. The molecular weight excluding hydrogens is 482 g/mol. The van der Waals surface area contributed by atoms with E-state index >= 15 is 0 Å². The molecule has 1 aromatic heterocycles. The monoisotopic (exact) mass is 495 g/mol. The van der Waals surface area contributed by atoms with Crippen LogP contribution in [0.5, 0.6) is 0 Å². The number of halogens is 5. The summed E-state index contributed by atoms with van der Waals surface area (Å²) in [7, 11) is 0. The lowest BCUT2D eigenvalue weighted by atomic mass is 10.0. The highest BCUT2D eigenvalue weighted by atomic mass is 79.9. The van der Waals surface area contributed by atoms with E-state index < -0.39 is 36.6 Å². The maximum atomic E-state index is 13.6. The van der Waals surface area contributed by atoms with E-state index in [1.807, 2.05) is 0 Å². The first kappa shape index (κ1) is 21.4. The number of para-hydroxylation sites is 1. The standard InChI is InChI=1S/C21H14BrF4N3O2/c22-12-7-5-11(6-8-12)16-9-14(13-3-1-2-4-15(13)27-16)19(30)29-21(31,20(25)26)10-17(28-29)18(23)24/h1-9,18,20,31H,10H2/t21-/m1/s1. The maximum absolute atomic E-state index is 13.6. The number of hydrazone groups is 1. The van der Waals surface area contributed by atoms with Crippen molar-refractivity contribution < 1.29 is 27.5 Å². The van der Waals surface area contributed by atoms with Crippen LogP contribution in [-0.2, 0) is 0 Å². The second-order valence-electron chi connectivity index (χ2n) is 6.94. The van der Waals surface area contributed by atoms with Crippen LogP contribution in [0.4, 0.5) is 17.6 Å². The number of aromatic nitrogens is 1. The van der Waals surface area contributed by atoms with Gasteiger partial charge in [0, 0.05) is 21.8 Å². The SMILES string of the molecule is O=C(c1cc(-c2ccc(Br)cc2)nc2ccccc12)N1N=C(C(F)F)C[C@@]1(O)C(F)F. The molecule has 0 saturated heterocycles. The van der Waals surface area contributed by atoms with Crippen molar-refractivity contribution in [3.63, 3.8) is 0 Å². The topological polar surface area (TPSA) is 65.8 Å². The number of alkyl halides is 4. The zero-order valence-electron chi connectivity index (χ0n) is 15.6. The number of benzene rings is 2. The molecule has 0 aliphatic carbocycles. The van der Waals surface area contributed by atoms with Crippen LogP contribution in [0.15, 0.2) is 64.2 Å². The van der Waals surface area contributed by atoms with E-state index in [4.69, 9.17) is 0 Å². The Hall–Kier alpha value is -2.85. The lowest BCUT2D eigenvalue weighted by Crippen LogP contribution is -2.51. The smallest absolute Gasteiger partial charge is 0.287 e. The van der Waals surface area contributed by atoms with Gasteiger partial charge in [-0.15, -0.1) is 0 Å². The number of aliphatic hydroxyl groups is 1. The highest BCUT2D eigenvalue weighted by Gasteiger charge is 2.53. The molecule has 0 unspecified atom stereocenters. The van der Waals surface area contributed by atoms with E-state index in [1.54, 1.807) is 48.5 Å². The maximum Gasteiger partial charge on any atom is 0.287 e. The van der Waals surface area contributed by atoms with Gasteiger partial charge in [0.15, 0.2) is 0 Å². The van der Waals surface area contributed by atoms with Crippen molar-refractivity contribution in [2.24, 2.45) is 5.10 Å². The summed E-state index contributed by atoms with van der Waals surface area (Å²) in [4.78, 5) is 17.7. The minimum atomic E-state index is -3.50. The van der Waals surface area contributed by atoms with Crippen molar-refractivity contribution in [2.75, 3.05) is 0 Å². The zero-order valence-corrected chi connectivity index (χ0v) is 17.2. The average molecular weight is 496 g/mol. The van der Waals surface area contributed by atoms with E-state index in [9.17, 15) is 27.5 Å². The van der Waals surface area contributed by atoms with Gasteiger partial charge in [-0.2, -0.15) is 10.1 Å². The fraction of sp³-hybridized carbons (Fsp3) is 0.190. The summed E-state index contributed by atoms with van der Waals surface area (Å²) < 4.78 is 54.3. The molecule has 0 spiro atoms. The largest absolute Gasteiger partial charge is 0.364 e. The quantitative estimate of drug-likeness (QED) is 0.513. The predicted octanol–water partition coefficient (Wildman–Crippen LogP) is 5.09. The van der Waals surface area contributed by atoms with Crippen molar-refractivity contribution in [3.05, 3.63) is 64.6 Å². The van der Waals surface area contributed by atoms with Gasteiger partial charge in [-0.25, -0.2) is 22.5 Å². The highest BCUT2D eigenvalue weighted by molar-refractivity contribution is 9.10. The Bertz CT molecular complexity index is 1190. The predicted molar refractivity (Wildman–Crippen MR) is 110 cm³/mol. The number of fused-ring (bicyclic) bond motifs is 1. The van der Waals surface area contributed by atoms with Crippen LogP contribution in [0.25, 0.3) is 22.2 Å². The molecule has 1 atom stereocenters. The molecule has 3 aromatic rings. The number of hydrogen-bond donors (Lipinski definition) is 1. The zero-order chi connectivity index (χ0) is 22.3. The van der Waals surface area contributed by atoms with E-state index in [0.29, 0.717) is 22.2 Å². The molecule has 160 valence electrons. The molecular formula is C21H14BrF4N3O2. The molecule has 1 aliphatic heterocycles. The van der Waals surface area contributed by atoms with Crippen molar-refractivity contribution in [1.29, 1.82) is 0 Å². The Balaban J connectivity index is 1.88. The van der Waals surface area contributed by atoms with Crippen LogP contribution in [0.2, 0.25) is 0 Å². The molecule has 1 aliphatic rings. The third kappa shape index (κ3) is 3.81. The van der Waals surface area contributed by atoms with Crippen LogP contribution in [0, 0.1) is 0 Å². The van der Waals surface area contributed by atoms with Crippen LogP contribution in [-0.4, -0.2) is 45.3 Å². The van der Waals surface area contributed by atoms with Gasteiger partial charge >= 0.3 is 0 Å². The highest BCUT2D eigenvalue weighted by Crippen LogP contribution is 2.36. The van der Waals surface area contributed by atoms with E-state index in [2.05, 4.69) is 26.0 Å². The van der Waals surface area contributed by atoms with Crippen molar-refractivity contribution in [2.45, 2.75) is 25.0 Å². The summed E-state index contributed by atoms with van der Waals surface area (Å²) in [6.45, 7) is 0. The first-order chi connectivity index (χ1) is 14.7. The van der Waals surface area contributed by atoms with Gasteiger partial charge in [-0.3, -0.25) is 4.79 Å². The van der Waals surface area contributed by atoms with Gasteiger partial charge in [0.2, 0.25) is 5.72 Å². The van der Waals surface area contributed by atoms with Crippen molar-refractivity contribution in [3.8, 4) is 11.3 Å². The fourth-order valence-electron chi connectivity index (χ4n) is 3.34. The third-order valence-corrected chi connectivity index (χ3v) is 5.45. The number of rotatable bonds is 4. The van der Waals surface area contributed by atoms with Gasteiger partial charge in [0.1, 0.15) is 5.71 Å². The van der Waals surface area contributed by atoms with Crippen molar-refractivity contribution >= 4 is 38.5 Å². The van der Waals surface area contributed by atoms with Crippen LogP contribution >= 0.6 is 15.9 Å². The Morgan fingerprint density at radius 3 is 2.42 bits per heavy atom. The first-order valence-electron chi connectivity index (χ1n) is 9.07. The molecule has 0 radical (unpaired) electrons. The number of nitrogens with zero attached hydrogens (tertiary/aromatic N) is 3. The minimum Gasteiger partial charge on any atom is -0.364 e. The lowest BCUT2D eigenvalue weighted by molar-refractivity contribution is -0.164. The normalized spacial score (nSPS) is 18.8. The third-order valence-electron chi connectivity index (χ3n) is 4.92. The fourth-order valence-corrected chi connectivity index (χ4v) is 3.60. The summed E-state index contributed by atoms with van der Waals surface area (Å²) in [5.41, 5.74) is -2.84. The lowest BCUT2D eigenvalue weighted by Gasteiger charge is -2.30. The minimum absolute atomic E-state index is 0.0618. The molecule has 1 N–H and O–H groups in total. The number of amides is 1.